The van der Waals surface area contributed by atoms with Crippen molar-refractivity contribution in [1.29, 1.82) is 0 Å². The first-order valence-corrected chi connectivity index (χ1v) is 7.77. The Morgan fingerprint density at radius 2 is 2.00 bits per heavy atom. The van der Waals surface area contributed by atoms with Crippen LogP contribution in [0.3, 0.4) is 0 Å². The minimum atomic E-state index is -4.49. The van der Waals surface area contributed by atoms with Crippen molar-refractivity contribution < 1.29 is 18.0 Å². The third kappa shape index (κ3) is 3.76. The van der Waals surface area contributed by atoms with Crippen LogP contribution in [0.5, 0.6) is 0 Å². The summed E-state index contributed by atoms with van der Waals surface area (Å²) in [5.41, 5.74) is 6.32. The number of aryl methyl sites for hydroxylation is 1. The third-order valence-electron chi connectivity index (χ3n) is 4.11. The molecule has 1 atom stereocenters. The molecule has 1 aromatic carbocycles. The lowest BCUT2D eigenvalue weighted by molar-refractivity contribution is -0.141. The van der Waals surface area contributed by atoms with E-state index >= 15 is 0 Å². The summed E-state index contributed by atoms with van der Waals surface area (Å²) in [5.74, 6) is 0. The van der Waals surface area contributed by atoms with Gasteiger partial charge in [0.1, 0.15) is 0 Å². The molecule has 1 saturated heterocycles. The SMILES string of the molecule is Cn1nc(C(F)(F)F)cc1-c1ccc(NC(=O)N2CC[C@@H](N)C2)cc1. The second-order valence-electron chi connectivity index (χ2n) is 6.04. The average molecular weight is 353 g/mol. The summed E-state index contributed by atoms with van der Waals surface area (Å²) in [4.78, 5) is 13.7. The Hall–Kier alpha value is -2.55. The van der Waals surface area contributed by atoms with Crippen molar-refractivity contribution in [3.8, 4) is 11.3 Å². The van der Waals surface area contributed by atoms with Crippen LogP contribution in [-0.2, 0) is 13.2 Å². The molecule has 0 radical (unpaired) electrons. The van der Waals surface area contributed by atoms with Gasteiger partial charge >= 0.3 is 12.2 Å². The molecule has 1 aromatic heterocycles. The van der Waals surface area contributed by atoms with Gasteiger partial charge in [-0.2, -0.15) is 18.3 Å². The summed E-state index contributed by atoms with van der Waals surface area (Å²) >= 11 is 0. The molecule has 0 bridgehead atoms. The van der Waals surface area contributed by atoms with E-state index in [4.69, 9.17) is 5.73 Å². The van der Waals surface area contributed by atoms with Crippen molar-refractivity contribution in [2.75, 3.05) is 18.4 Å². The number of carbonyl (C=O) groups is 1. The number of halogens is 3. The zero-order valence-electron chi connectivity index (χ0n) is 13.5. The molecule has 1 aliphatic heterocycles. The van der Waals surface area contributed by atoms with Crippen LogP contribution in [0.4, 0.5) is 23.7 Å². The van der Waals surface area contributed by atoms with Gasteiger partial charge in [0.15, 0.2) is 5.69 Å². The van der Waals surface area contributed by atoms with Crippen molar-refractivity contribution in [2.24, 2.45) is 12.8 Å². The zero-order chi connectivity index (χ0) is 18.2. The Balaban J connectivity index is 1.72. The highest BCUT2D eigenvalue weighted by Crippen LogP contribution is 2.31. The standard InChI is InChI=1S/C16H18F3N5O/c1-23-13(8-14(22-23)16(17,18)19)10-2-4-12(5-3-10)21-15(25)24-7-6-11(20)9-24/h2-5,8,11H,6-7,9,20H2,1H3,(H,21,25)/t11-/m1/s1. The number of benzene rings is 1. The van der Waals surface area contributed by atoms with E-state index in [1.807, 2.05) is 0 Å². The lowest BCUT2D eigenvalue weighted by Gasteiger charge is -2.16. The molecule has 2 aromatic rings. The molecule has 0 unspecified atom stereocenters. The van der Waals surface area contributed by atoms with E-state index in [0.717, 1.165) is 12.5 Å². The maximum Gasteiger partial charge on any atom is 0.435 e. The number of nitrogens with one attached hydrogen (secondary N) is 1. The number of likely N-dealkylation sites (tertiary alicyclic amines) is 1. The van der Waals surface area contributed by atoms with Gasteiger partial charge in [-0.25, -0.2) is 4.79 Å². The van der Waals surface area contributed by atoms with Crippen molar-refractivity contribution in [3.63, 3.8) is 0 Å². The number of nitrogens with two attached hydrogens (primary N) is 1. The Labute approximate surface area is 142 Å². The maximum atomic E-state index is 12.7. The molecule has 0 aliphatic carbocycles. The predicted molar refractivity (Wildman–Crippen MR) is 86.8 cm³/mol. The molecule has 1 aliphatic rings. The number of alkyl halides is 3. The second kappa shape index (κ2) is 6.40. The Kier molecular flexibility index (Phi) is 4.42. The van der Waals surface area contributed by atoms with Crippen LogP contribution in [0.15, 0.2) is 30.3 Å². The third-order valence-corrected chi connectivity index (χ3v) is 4.11. The van der Waals surface area contributed by atoms with Crippen molar-refractivity contribution >= 4 is 11.7 Å². The monoisotopic (exact) mass is 353 g/mol. The van der Waals surface area contributed by atoms with Crippen molar-refractivity contribution in [3.05, 3.63) is 36.0 Å². The second-order valence-corrected chi connectivity index (χ2v) is 6.04. The van der Waals surface area contributed by atoms with Crippen LogP contribution in [-0.4, -0.2) is 39.8 Å². The molecule has 9 heteroatoms. The van der Waals surface area contributed by atoms with E-state index in [1.54, 1.807) is 29.2 Å². The van der Waals surface area contributed by atoms with Crippen LogP contribution in [0.1, 0.15) is 12.1 Å². The summed E-state index contributed by atoms with van der Waals surface area (Å²) in [6, 6.07) is 7.33. The van der Waals surface area contributed by atoms with Crippen LogP contribution in [0.25, 0.3) is 11.3 Å². The number of hydrogen-bond acceptors (Lipinski definition) is 3. The topological polar surface area (TPSA) is 76.2 Å². The fourth-order valence-electron chi connectivity index (χ4n) is 2.77. The molecule has 3 rings (SSSR count). The minimum Gasteiger partial charge on any atom is -0.326 e. The van der Waals surface area contributed by atoms with Gasteiger partial charge in [0, 0.05) is 31.9 Å². The van der Waals surface area contributed by atoms with E-state index < -0.39 is 11.9 Å². The highest BCUT2D eigenvalue weighted by molar-refractivity contribution is 5.89. The number of carbonyl (C=O) groups excluding carboxylic acids is 1. The number of aromatic nitrogens is 2. The molecule has 2 heterocycles. The number of rotatable bonds is 2. The van der Waals surface area contributed by atoms with Gasteiger partial charge in [-0.1, -0.05) is 12.1 Å². The molecular formula is C16H18F3N5O. The van der Waals surface area contributed by atoms with Gasteiger partial charge in [-0.3, -0.25) is 4.68 Å². The lowest BCUT2D eigenvalue weighted by atomic mass is 10.1. The normalized spacial score (nSPS) is 17.8. The Bertz CT molecular complexity index is 769. The molecule has 3 N–H and O–H groups in total. The molecule has 1 fully saturated rings. The largest absolute Gasteiger partial charge is 0.435 e. The summed E-state index contributed by atoms with van der Waals surface area (Å²) in [6.45, 7) is 1.12. The molecule has 0 saturated carbocycles. The van der Waals surface area contributed by atoms with E-state index in [1.165, 1.54) is 11.7 Å². The minimum absolute atomic E-state index is 0.000737. The van der Waals surface area contributed by atoms with Crippen LogP contribution < -0.4 is 11.1 Å². The van der Waals surface area contributed by atoms with E-state index in [2.05, 4.69) is 10.4 Å². The summed E-state index contributed by atoms with van der Waals surface area (Å²) in [6.07, 6.45) is -3.71. The van der Waals surface area contributed by atoms with Gasteiger partial charge in [0.25, 0.3) is 0 Å². The maximum absolute atomic E-state index is 12.7. The molecule has 134 valence electrons. The van der Waals surface area contributed by atoms with Crippen molar-refractivity contribution in [2.45, 2.75) is 18.6 Å². The fraction of sp³-hybridized carbons (Fsp3) is 0.375. The smallest absolute Gasteiger partial charge is 0.326 e. The first-order valence-electron chi connectivity index (χ1n) is 7.77. The first-order chi connectivity index (χ1) is 11.7. The van der Waals surface area contributed by atoms with Crippen LogP contribution >= 0.6 is 0 Å². The predicted octanol–water partition coefficient (Wildman–Crippen LogP) is 2.67. The Morgan fingerprint density at radius 3 is 2.52 bits per heavy atom. The molecular weight excluding hydrogens is 335 g/mol. The van der Waals surface area contributed by atoms with E-state index in [0.29, 0.717) is 30.0 Å². The zero-order valence-corrected chi connectivity index (χ0v) is 13.5. The number of hydrogen-bond donors (Lipinski definition) is 2. The van der Waals surface area contributed by atoms with Gasteiger partial charge in [-0.05, 0) is 30.2 Å². The summed E-state index contributed by atoms with van der Waals surface area (Å²) in [5, 5.41) is 6.25. The fourth-order valence-corrected chi connectivity index (χ4v) is 2.77. The molecule has 2 amide bonds. The van der Waals surface area contributed by atoms with Gasteiger partial charge in [0.05, 0.1) is 5.69 Å². The molecule has 6 nitrogen and oxygen atoms in total. The first kappa shape index (κ1) is 17.3. The van der Waals surface area contributed by atoms with Gasteiger partial charge < -0.3 is 16.0 Å². The molecule has 0 spiro atoms. The number of urea groups is 1. The Morgan fingerprint density at radius 1 is 1.32 bits per heavy atom. The lowest BCUT2D eigenvalue weighted by Crippen LogP contribution is -2.35. The van der Waals surface area contributed by atoms with Gasteiger partial charge in [-0.15, -0.1) is 0 Å². The highest BCUT2D eigenvalue weighted by atomic mass is 19.4. The van der Waals surface area contributed by atoms with E-state index in [-0.39, 0.29) is 12.1 Å². The van der Waals surface area contributed by atoms with Crippen LogP contribution in [0, 0.1) is 0 Å². The van der Waals surface area contributed by atoms with Gasteiger partial charge in [0.2, 0.25) is 0 Å². The average Bonchev–Trinajstić information content (AvgIpc) is 3.14. The van der Waals surface area contributed by atoms with E-state index in [9.17, 15) is 18.0 Å². The van der Waals surface area contributed by atoms with Crippen molar-refractivity contribution in [1.82, 2.24) is 14.7 Å². The number of anilines is 1. The summed E-state index contributed by atoms with van der Waals surface area (Å²) in [7, 11) is 1.46. The quantitative estimate of drug-likeness (QED) is 0.872. The highest BCUT2D eigenvalue weighted by Gasteiger charge is 2.34. The summed E-state index contributed by atoms with van der Waals surface area (Å²) < 4.78 is 39.4. The number of amides is 2. The van der Waals surface area contributed by atoms with Crippen LogP contribution in [0.2, 0.25) is 0 Å². The molecule has 25 heavy (non-hydrogen) atoms. The number of nitrogens with zero attached hydrogens (tertiary/aromatic N) is 3.